The number of hydrogen-bond donors (Lipinski definition) is 0. The molecule has 0 atom stereocenters. The van der Waals surface area contributed by atoms with Gasteiger partial charge >= 0.3 is 19.3 Å². The smallest absolute Gasteiger partial charge is 0.496 e. The zero-order chi connectivity index (χ0) is 9.84. The Morgan fingerprint density at radius 1 is 1.38 bits per heavy atom. The van der Waals surface area contributed by atoms with Gasteiger partial charge < -0.3 is 14.0 Å². The fourth-order valence-corrected chi connectivity index (χ4v) is 0.541. The summed E-state index contributed by atoms with van der Waals surface area (Å²) in [7, 11) is -1.38. The molecular formula is C6H5BO6. The maximum Gasteiger partial charge on any atom is 0.868 e. The van der Waals surface area contributed by atoms with E-state index < -0.39 is 19.3 Å². The van der Waals surface area contributed by atoms with E-state index in [1.165, 1.54) is 6.92 Å². The molecule has 0 aliphatic carbocycles. The van der Waals surface area contributed by atoms with Gasteiger partial charge in [0.15, 0.2) is 0 Å². The van der Waals surface area contributed by atoms with Crippen LogP contribution in [0.4, 0.5) is 0 Å². The molecule has 0 saturated carbocycles. The Hall–Kier alpha value is -1.79. The third-order valence-corrected chi connectivity index (χ3v) is 1.12. The van der Waals surface area contributed by atoms with Crippen LogP contribution in [0.5, 0.6) is 0 Å². The van der Waals surface area contributed by atoms with Crippen molar-refractivity contribution in [3.8, 4) is 0 Å². The zero-order valence-corrected chi connectivity index (χ0v) is 6.68. The van der Waals surface area contributed by atoms with Gasteiger partial charge in [-0.25, -0.2) is 9.59 Å². The molecule has 1 heterocycles. The van der Waals surface area contributed by atoms with E-state index >= 15 is 0 Å². The minimum Gasteiger partial charge on any atom is -0.496 e. The topological polar surface area (TPSA) is 78.9 Å². The Kier molecular flexibility index (Phi) is 2.68. The van der Waals surface area contributed by atoms with Crippen molar-refractivity contribution in [3.05, 3.63) is 11.8 Å². The van der Waals surface area contributed by atoms with Gasteiger partial charge in [0.25, 0.3) is 0 Å². The van der Waals surface area contributed by atoms with Gasteiger partial charge in [0, 0.05) is 5.57 Å². The summed E-state index contributed by atoms with van der Waals surface area (Å²) >= 11 is 0. The first kappa shape index (κ1) is 9.30. The molecular weight excluding hydrogens is 179 g/mol. The highest BCUT2D eigenvalue weighted by molar-refractivity contribution is 6.55. The molecule has 0 aromatic carbocycles. The lowest BCUT2D eigenvalue weighted by Gasteiger charge is -1.98. The van der Waals surface area contributed by atoms with Crippen molar-refractivity contribution in [2.24, 2.45) is 0 Å². The molecule has 0 unspecified atom stereocenters. The average Bonchev–Trinajstić information content (AvgIpc) is 2.42. The van der Waals surface area contributed by atoms with E-state index in [0.717, 1.165) is 6.26 Å². The molecule has 0 aromatic heterocycles. The van der Waals surface area contributed by atoms with Crippen LogP contribution in [0.1, 0.15) is 6.92 Å². The molecule has 1 rings (SSSR count). The molecule has 1 aliphatic heterocycles. The highest BCUT2D eigenvalue weighted by Crippen LogP contribution is 2.05. The number of hydrogen-bond acceptors (Lipinski definition) is 6. The number of carbonyl (C=O) groups excluding carboxylic acids is 3. The fraction of sp³-hybridized carbons (Fsp3) is 0.167. The van der Waals surface area contributed by atoms with Crippen LogP contribution in [0.3, 0.4) is 0 Å². The van der Waals surface area contributed by atoms with Crippen molar-refractivity contribution < 1.29 is 28.3 Å². The molecule has 0 N–H and O–H groups in total. The van der Waals surface area contributed by atoms with Crippen LogP contribution in [-0.4, -0.2) is 25.5 Å². The summed E-state index contributed by atoms with van der Waals surface area (Å²) in [5, 5.41) is 0. The average molecular weight is 184 g/mol. The van der Waals surface area contributed by atoms with Gasteiger partial charge in [0.05, 0.1) is 6.26 Å². The molecule has 0 bridgehead atoms. The molecule has 0 aromatic rings. The van der Waals surface area contributed by atoms with Gasteiger partial charge in [0.2, 0.25) is 0 Å². The van der Waals surface area contributed by atoms with Crippen molar-refractivity contribution in [1.82, 2.24) is 0 Å². The van der Waals surface area contributed by atoms with Crippen LogP contribution in [-0.2, 0) is 28.3 Å². The van der Waals surface area contributed by atoms with E-state index in [1.54, 1.807) is 0 Å². The highest BCUT2D eigenvalue weighted by Gasteiger charge is 2.44. The number of rotatable bonds is 3. The maximum atomic E-state index is 10.4. The maximum absolute atomic E-state index is 10.4. The summed E-state index contributed by atoms with van der Waals surface area (Å²) in [5.41, 5.74) is 0.277. The molecule has 13 heavy (non-hydrogen) atoms. The van der Waals surface area contributed by atoms with Crippen molar-refractivity contribution in [3.63, 3.8) is 0 Å². The predicted molar refractivity (Wildman–Crippen MR) is 38.8 cm³/mol. The predicted octanol–water partition coefficient (Wildman–Crippen LogP) is -0.809. The van der Waals surface area contributed by atoms with Gasteiger partial charge in [-0.1, -0.05) is 0 Å². The van der Waals surface area contributed by atoms with E-state index in [4.69, 9.17) is 0 Å². The largest absolute Gasteiger partial charge is 0.868 e. The first-order valence-corrected chi connectivity index (χ1v) is 3.32. The molecule has 1 saturated heterocycles. The summed E-state index contributed by atoms with van der Waals surface area (Å²) < 4.78 is 13.2. The van der Waals surface area contributed by atoms with E-state index in [2.05, 4.69) is 14.0 Å². The Morgan fingerprint density at radius 2 is 1.92 bits per heavy atom. The minimum atomic E-state index is -1.38. The molecule has 6 nitrogen and oxygen atoms in total. The van der Waals surface area contributed by atoms with E-state index in [0.29, 0.717) is 6.29 Å². The summed E-state index contributed by atoms with van der Waals surface area (Å²) in [4.78, 5) is 30.9. The van der Waals surface area contributed by atoms with Crippen LogP contribution in [0.2, 0.25) is 0 Å². The van der Waals surface area contributed by atoms with E-state index in [-0.39, 0.29) is 5.57 Å². The number of carbonyl (C=O) groups is 3. The number of allylic oxidation sites excluding steroid dienone is 1. The van der Waals surface area contributed by atoms with Crippen LogP contribution >= 0.6 is 0 Å². The van der Waals surface area contributed by atoms with Crippen molar-refractivity contribution in [1.29, 1.82) is 0 Å². The second-order valence-electron chi connectivity index (χ2n) is 2.22. The number of aldehydes is 1. The first-order valence-electron chi connectivity index (χ1n) is 3.32. The minimum absolute atomic E-state index is 0.277. The van der Waals surface area contributed by atoms with Crippen molar-refractivity contribution in [2.75, 3.05) is 0 Å². The quantitative estimate of drug-likeness (QED) is 0.187. The Labute approximate surface area is 73.6 Å². The fourth-order valence-electron chi connectivity index (χ4n) is 0.541. The molecule has 0 spiro atoms. The standard InChI is InChI=1S/C6H5BO6/c1-4(2-8)3-11-7-12-5(9)6(10)13-7/h2-3H,1H3/b4-3-. The van der Waals surface area contributed by atoms with Gasteiger partial charge in [-0.2, -0.15) is 0 Å². The summed E-state index contributed by atoms with van der Waals surface area (Å²) in [6.07, 6.45) is 1.57. The van der Waals surface area contributed by atoms with Crippen LogP contribution in [0.15, 0.2) is 11.8 Å². The molecule has 0 amide bonds. The molecule has 7 heteroatoms. The lowest BCUT2D eigenvalue weighted by molar-refractivity contribution is -0.150. The third-order valence-electron chi connectivity index (χ3n) is 1.12. The van der Waals surface area contributed by atoms with Gasteiger partial charge in [-0.15, -0.1) is 0 Å². The molecule has 1 fully saturated rings. The highest BCUT2D eigenvalue weighted by atomic mass is 16.8. The molecule has 1 aliphatic rings. The second kappa shape index (κ2) is 3.75. The van der Waals surface area contributed by atoms with Crippen LogP contribution in [0, 0.1) is 0 Å². The lowest BCUT2D eigenvalue weighted by atomic mass is 10.2. The van der Waals surface area contributed by atoms with Crippen LogP contribution < -0.4 is 0 Å². The molecule has 0 radical (unpaired) electrons. The van der Waals surface area contributed by atoms with Gasteiger partial charge in [0.1, 0.15) is 6.29 Å². The Balaban J connectivity index is 2.45. The summed E-state index contributed by atoms with van der Waals surface area (Å²) in [6, 6.07) is 0. The van der Waals surface area contributed by atoms with E-state index in [1.807, 2.05) is 0 Å². The Bertz CT molecular complexity index is 267. The first-order chi connectivity index (χ1) is 6.13. The second-order valence-corrected chi connectivity index (χ2v) is 2.22. The summed E-state index contributed by atoms with van der Waals surface area (Å²) in [5.74, 6) is -2.22. The van der Waals surface area contributed by atoms with Gasteiger partial charge in [-0.05, 0) is 6.92 Å². The third kappa shape index (κ3) is 2.33. The van der Waals surface area contributed by atoms with E-state index in [9.17, 15) is 14.4 Å². The van der Waals surface area contributed by atoms with Crippen molar-refractivity contribution >= 4 is 25.5 Å². The zero-order valence-electron chi connectivity index (χ0n) is 6.68. The van der Waals surface area contributed by atoms with Crippen LogP contribution in [0.25, 0.3) is 0 Å². The molecule has 68 valence electrons. The lowest BCUT2D eigenvalue weighted by Crippen LogP contribution is -2.17. The summed E-state index contributed by atoms with van der Waals surface area (Å²) in [6.45, 7) is 1.48. The normalized spacial score (nSPS) is 16.7. The monoisotopic (exact) mass is 184 g/mol. The van der Waals surface area contributed by atoms with Crippen molar-refractivity contribution in [2.45, 2.75) is 6.92 Å². The SMILES string of the molecule is C/C(C=O)=C/OB1OC(=O)C(=O)O1. The Morgan fingerprint density at radius 3 is 2.38 bits per heavy atom. The van der Waals surface area contributed by atoms with Gasteiger partial charge in [-0.3, -0.25) is 4.79 Å².